The van der Waals surface area contributed by atoms with E-state index in [1.165, 1.54) is 6.42 Å². The van der Waals surface area contributed by atoms with Crippen LogP contribution >= 0.6 is 0 Å². The Morgan fingerprint density at radius 3 is 2.31 bits per heavy atom. The summed E-state index contributed by atoms with van der Waals surface area (Å²) >= 11 is 0. The molecule has 0 aromatic carbocycles. The van der Waals surface area contributed by atoms with Gasteiger partial charge in [0.2, 0.25) is 0 Å². The molecule has 1 aliphatic heterocycles. The van der Waals surface area contributed by atoms with Crippen LogP contribution in [0.4, 0.5) is 4.79 Å². The van der Waals surface area contributed by atoms with Gasteiger partial charge in [-0.2, -0.15) is 0 Å². The SMILES string of the molecule is CCC(O)(CC)CNC(=O)N1CCCCC1. The molecule has 0 spiro atoms. The number of carbonyl (C=O) groups excluding carboxylic acids is 1. The Morgan fingerprint density at radius 2 is 1.81 bits per heavy atom. The van der Waals surface area contributed by atoms with Crippen LogP contribution in [0.2, 0.25) is 0 Å². The van der Waals surface area contributed by atoms with Crippen molar-refractivity contribution in [2.24, 2.45) is 0 Å². The molecule has 94 valence electrons. The Balaban J connectivity index is 2.33. The van der Waals surface area contributed by atoms with E-state index in [1.54, 1.807) is 0 Å². The first-order valence-electron chi connectivity index (χ1n) is 6.36. The third-order valence-electron chi connectivity index (χ3n) is 3.53. The second-order valence-electron chi connectivity index (χ2n) is 4.64. The van der Waals surface area contributed by atoms with E-state index in [-0.39, 0.29) is 6.03 Å². The third kappa shape index (κ3) is 3.67. The summed E-state index contributed by atoms with van der Waals surface area (Å²) in [5, 5.41) is 12.9. The first kappa shape index (κ1) is 13.3. The second-order valence-corrected chi connectivity index (χ2v) is 4.64. The van der Waals surface area contributed by atoms with Crippen LogP contribution in [0.15, 0.2) is 0 Å². The van der Waals surface area contributed by atoms with Crippen molar-refractivity contribution in [1.82, 2.24) is 10.2 Å². The molecule has 1 heterocycles. The molecule has 2 amide bonds. The third-order valence-corrected chi connectivity index (χ3v) is 3.53. The first-order valence-corrected chi connectivity index (χ1v) is 6.36. The average Bonchev–Trinajstić information content (AvgIpc) is 2.36. The Kier molecular flexibility index (Phi) is 5.06. The predicted octanol–water partition coefficient (Wildman–Crippen LogP) is 1.73. The highest BCUT2D eigenvalue weighted by molar-refractivity contribution is 5.74. The average molecular weight is 228 g/mol. The predicted molar refractivity (Wildman–Crippen MR) is 64.4 cm³/mol. The van der Waals surface area contributed by atoms with Crippen molar-refractivity contribution in [3.8, 4) is 0 Å². The molecule has 1 aliphatic rings. The fourth-order valence-corrected chi connectivity index (χ4v) is 1.95. The summed E-state index contributed by atoms with van der Waals surface area (Å²) in [6.45, 7) is 5.94. The van der Waals surface area contributed by atoms with Crippen LogP contribution in [-0.2, 0) is 0 Å². The van der Waals surface area contributed by atoms with Crippen molar-refractivity contribution in [3.63, 3.8) is 0 Å². The van der Waals surface area contributed by atoms with Gasteiger partial charge in [0, 0.05) is 19.6 Å². The molecule has 0 atom stereocenters. The molecule has 4 heteroatoms. The number of carbonyl (C=O) groups is 1. The largest absolute Gasteiger partial charge is 0.388 e. The Hall–Kier alpha value is -0.770. The fraction of sp³-hybridized carbons (Fsp3) is 0.917. The van der Waals surface area contributed by atoms with Crippen LogP contribution < -0.4 is 5.32 Å². The maximum atomic E-state index is 11.8. The minimum Gasteiger partial charge on any atom is -0.388 e. The number of hydrogen-bond acceptors (Lipinski definition) is 2. The number of rotatable bonds is 4. The molecule has 1 fully saturated rings. The topological polar surface area (TPSA) is 52.6 Å². The number of aliphatic hydroxyl groups is 1. The van der Waals surface area contributed by atoms with Crippen LogP contribution in [-0.4, -0.2) is 41.3 Å². The first-order chi connectivity index (χ1) is 7.61. The lowest BCUT2D eigenvalue weighted by atomic mass is 9.98. The normalized spacial score (nSPS) is 17.3. The van der Waals surface area contributed by atoms with Gasteiger partial charge in [0.25, 0.3) is 0 Å². The number of piperidine rings is 1. The quantitative estimate of drug-likeness (QED) is 0.770. The Bertz CT molecular complexity index is 221. The molecule has 0 aromatic rings. The number of urea groups is 1. The summed E-state index contributed by atoms with van der Waals surface area (Å²) < 4.78 is 0. The van der Waals surface area contributed by atoms with Gasteiger partial charge in [0.15, 0.2) is 0 Å². The number of hydrogen-bond donors (Lipinski definition) is 2. The van der Waals surface area contributed by atoms with Crippen LogP contribution in [0.25, 0.3) is 0 Å². The van der Waals surface area contributed by atoms with Crippen molar-refractivity contribution in [3.05, 3.63) is 0 Å². The summed E-state index contributed by atoms with van der Waals surface area (Å²) in [4.78, 5) is 13.6. The van der Waals surface area contributed by atoms with E-state index in [0.717, 1.165) is 25.9 Å². The van der Waals surface area contributed by atoms with E-state index in [4.69, 9.17) is 0 Å². The van der Waals surface area contributed by atoms with Crippen molar-refractivity contribution in [1.29, 1.82) is 0 Å². The van der Waals surface area contributed by atoms with E-state index < -0.39 is 5.60 Å². The summed E-state index contributed by atoms with van der Waals surface area (Å²) in [6.07, 6.45) is 4.75. The number of nitrogens with one attached hydrogen (secondary N) is 1. The van der Waals surface area contributed by atoms with Crippen LogP contribution in [0.5, 0.6) is 0 Å². The molecule has 16 heavy (non-hydrogen) atoms. The van der Waals surface area contributed by atoms with Gasteiger partial charge in [-0.1, -0.05) is 13.8 Å². The number of amides is 2. The maximum absolute atomic E-state index is 11.8. The highest BCUT2D eigenvalue weighted by Gasteiger charge is 2.24. The zero-order valence-electron chi connectivity index (χ0n) is 10.5. The monoisotopic (exact) mass is 228 g/mol. The van der Waals surface area contributed by atoms with E-state index in [9.17, 15) is 9.90 Å². The van der Waals surface area contributed by atoms with E-state index in [2.05, 4.69) is 5.32 Å². The molecule has 4 nitrogen and oxygen atoms in total. The van der Waals surface area contributed by atoms with Gasteiger partial charge < -0.3 is 15.3 Å². The Morgan fingerprint density at radius 1 is 1.25 bits per heavy atom. The second kappa shape index (κ2) is 6.09. The molecule has 0 aromatic heterocycles. The summed E-state index contributed by atoms with van der Waals surface area (Å²) in [5.74, 6) is 0. The smallest absolute Gasteiger partial charge is 0.317 e. The van der Waals surface area contributed by atoms with Gasteiger partial charge in [-0.05, 0) is 32.1 Å². The van der Waals surface area contributed by atoms with Crippen LogP contribution in [0, 0.1) is 0 Å². The maximum Gasteiger partial charge on any atom is 0.317 e. The van der Waals surface area contributed by atoms with E-state index in [0.29, 0.717) is 19.4 Å². The van der Waals surface area contributed by atoms with E-state index >= 15 is 0 Å². The summed E-state index contributed by atoms with van der Waals surface area (Å²) in [7, 11) is 0. The Labute approximate surface area is 98.0 Å². The van der Waals surface area contributed by atoms with Gasteiger partial charge >= 0.3 is 6.03 Å². The van der Waals surface area contributed by atoms with Crippen molar-refractivity contribution in [2.75, 3.05) is 19.6 Å². The highest BCUT2D eigenvalue weighted by Crippen LogP contribution is 2.13. The molecular formula is C12H24N2O2. The van der Waals surface area contributed by atoms with Crippen molar-refractivity contribution < 1.29 is 9.90 Å². The van der Waals surface area contributed by atoms with Crippen LogP contribution in [0.3, 0.4) is 0 Å². The zero-order chi connectivity index (χ0) is 12.0. The lowest BCUT2D eigenvalue weighted by Gasteiger charge is -2.30. The molecule has 0 bridgehead atoms. The fourth-order valence-electron chi connectivity index (χ4n) is 1.95. The van der Waals surface area contributed by atoms with E-state index in [1.807, 2.05) is 18.7 Å². The summed E-state index contributed by atoms with van der Waals surface area (Å²) in [6, 6.07) is -0.0278. The lowest BCUT2D eigenvalue weighted by Crippen LogP contribution is -2.48. The number of nitrogens with zero attached hydrogens (tertiary/aromatic N) is 1. The minimum atomic E-state index is -0.745. The zero-order valence-corrected chi connectivity index (χ0v) is 10.5. The minimum absolute atomic E-state index is 0.0278. The highest BCUT2D eigenvalue weighted by atomic mass is 16.3. The van der Waals surface area contributed by atoms with Gasteiger partial charge in [0.05, 0.1) is 5.60 Å². The summed E-state index contributed by atoms with van der Waals surface area (Å²) in [5.41, 5.74) is -0.745. The molecule has 1 rings (SSSR count). The van der Waals surface area contributed by atoms with Gasteiger partial charge in [-0.25, -0.2) is 4.79 Å². The van der Waals surface area contributed by atoms with Gasteiger partial charge in [-0.15, -0.1) is 0 Å². The van der Waals surface area contributed by atoms with Gasteiger partial charge in [0.1, 0.15) is 0 Å². The lowest BCUT2D eigenvalue weighted by molar-refractivity contribution is 0.0333. The van der Waals surface area contributed by atoms with Crippen LogP contribution in [0.1, 0.15) is 46.0 Å². The van der Waals surface area contributed by atoms with Gasteiger partial charge in [-0.3, -0.25) is 0 Å². The number of likely N-dealkylation sites (tertiary alicyclic amines) is 1. The van der Waals surface area contributed by atoms with Crippen molar-refractivity contribution >= 4 is 6.03 Å². The van der Waals surface area contributed by atoms with Crippen molar-refractivity contribution in [2.45, 2.75) is 51.6 Å². The molecule has 0 aliphatic carbocycles. The molecule has 2 N–H and O–H groups in total. The molecule has 0 saturated carbocycles. The molecular weight excluding hydrogens is 204 g/mol. The molecule has 1 saturated heterocycles. The molecule has 0 radical (unpaired) electrons. The standard InChI is InChI=1S/C12H24N2O2/c1-3-12(16,4-2)10-13-11(15)14-8-6-5-7-9-14/h16H,3-10H2,1-2H3,(H,13,15). The molecule has 0 unspecified atom stereocenters.